The predicted molar refractivity (Wildman–Crippen MR) is 49.8 cm³/mol. The van der Waals surface area contributed by atoms with Crippen LogP contribution in [-0.4, -0.2) is 40.4 Å². The molecule has 0 atom stereocenters. The van der Waals surface area contributed by atoms with E-state index < -0.39 is 0 Å². The standard InChI is InChI=1S/C8H12N4O/c1-12(2)6-11-7-3-9-8(5-13)10-4-7/h3-4,6,13H,5H2,1-2H3. The summed E-state index contributed by atoms with van der Waals surface area (Å²) in [6, 6.07) is 0. The highest BCUT2D eigenvalue weighted by atomic mass is 16.3. The molecule has 1 heterocycles. The SMILES string of the molecule is CN(C)C=Nc1cnc(CO)nc1. The van der Waals surface area contributed by atoms with Gasteiger partial charge in [-0.25, -0.2) is 15.0 Å². The lowest BCUT2D eigenvalue weighted by Gasteiger charge is -2.01. The van der Waals surface area contributed by atoms with Gasteiger partial charge in [0.25, 0.3) is 0 Å². The third-order valence-electron chi connectivity index (χ3n) is 1.27. The molecule has 0 bridgehead atoms. The molecule has 13 heavy (non-hydrogen) atoms. The summed E-state index contributed by atoms with van der Waals surface area (Å²) in [5.74, 6) is 0.406. The summed E-state index contributed by atoms with van der Waals surface area (Å²) in [7, 11) is 3.76. The minimum absolute atomic E-state index is 0.141. The van der Waals surface area contributed by atoms with Crippen molar-refractivity contribution in [3.05, 3.63) is 18.2 Å². The summed E-state index contributed by atoms with van der Waals surface area (Å²) in [6.07, 6.45) is 4.80. The van der Waals surface area contributed by atoms with Gasteiger partial charge in [0.1, 0.15) is 12.3 Å². The van der Waals surface area contributed by atoms with Crippen LogP contribution in [0, 0.1) is 0 Å². The average Bonchev–Trinajstić information content (AvgIpc) is 2.15. The van der Waals surface area contributed by atoms with E-state index in [1.54, 1.807) is 18.7 Å². The Bertz CT molecular complexity index is 281. The van der Waals surface area contributed by atoms with E-state index in [-0.39, 0.29) is 6.61 Å². The molecule has 0 aliphatic carbocycles. The predicted octanol–water partition coefficient (Wildman–Crippen LogP) is 0.190. The fourth-order valence-corrected chi connectivity index (χ4v) is 0.678. The monoisotopic (exact) mass is 180 g/mol. The summed E-state index contributed by atoms with van der Waals surface area (Å²) < 4.78 is 0. The van der Waals surface area contributed by atoms with Gasteiger partial charge in [-0.05, 0) is 0 Å². The highest BCUT2D eigenvalue weighted by Crippen LogP contribution is 2.06. The molecule has 5 nitrogen and oxygen atoms in total. The average molecular weight is 180 g/mol. The summed E-state index contributed by atoms with van der Waals surface area (Å²) in [6.45, 7) is -0.141. The zero-order valence-corrected chi connectivity index (χ0v) is 7.68. The first kappa shape index (κ1) is 9.60. The number of aromatic nitrogens is 2. The maximum atomic E-state index is 8.67. The lowest BCUT2D eigenvalue weighted by Crippen LogP contribution is -2.07. The van der Waals surface area contributed by atoms with Gasteiger partial charge in [0.05, 0.1) is 18.7 Å². The summed E-state index contributed by atoms with van der Waals surface area (Å²) in [5, 5.41) is 8.67. The first-order chi connectivity index (χ1) is 6.22. The van der Waals surface area contributed by atoms with E-state index in [4.69, 9.17) is 5.11 Å². The molecular weight excluding hydrogens is 168 g/mol. The fourth-order valence-electron chi connectivity index (χ4n) is 0.678. The van der Waals surface area contributed by atoms with Crippen molar-refractivity contribution in [3.63, 3.8) is 0 Å². The third-order valence-corrected chi connectivity index (χ3v) is 1.27. The topological polar surface area (TPSA) is 61.6 Å². The Morgan fingerprint density at radius 3 is 2.54 bits per heavy atom. The van der Waals surface area contributed by atoms with Gasteiger partial charge in [-0.1, -0.05) is 0 Å². The Hall–Kier alpha value is -1.49. The van der Waals surface area contributed by atoms with E-state index in [2.05, 4.69) is 15.0 Å². The van der Waals surface area contributed by atoms with Crippen molar-refractivity contribution in [2.24, 2.45) is 4.99 Å². The quantitative estimate of drug-likeness (QED) is 0.533. The fraction of sp³-hybridized carbons (Fsp3) is 0.375. The van der Waals surface area contributed by atoms with Gasteiger partial charge in [0.15, 0.2) is 5.82 Å². The summed E-state index contributed by atoms with van der Waals surface area (Å²) >= 11 is 0. The van der Waals surface area contributed by atoms with Crippen molar-refractivity contribution < 1.29 is 5.11 Å². The number of nitrogens with zero attached hydrogens (tertiary/aromatic N) is 4. The first-order valence-electron chi connectivity index (χ1n) is 3.85. The second-order valence-electron chi connectivity index (χ2n) is 2.72. The molecule has 5 heteroatoms. The molecule has 0 aromatic carbocycles. The zero-order valence-electron chi connectivity index (χ0n) is 7.68. The highest BCUT2D eigenvalue weighted by molar-refractivity contribution is 5.59. The number of aliphatic hydroxyl groups is 1. The number of hydrogen-bond donors (Lipinski definition) is 1. The van der Waals surface area contributed by atoms with E-state index in [9.17, 15) is 0 Å². The van der Waals surface area contributed by atoms with Gasteiger partial charge in [0.2, 0.25) is 0 Å². The largest absolute Gasteiger partial charge is 0.388 e. The van der Waals surface area contributed by atoms with Crippen molar-refractivity contribution in [1.29, 1.82) is 0 Å². The number of rotatable bonds is 3. The Morgan fingerprint density at radius 2 is 2.08 bits per heavy atom. The van der Waals surface area contributed by atoms with E-state index in [1.165, 1.54) is 0 Å². The molecule has 1 aromatic rings. The van der Waals surface area contributed by atoms with Gasteiger partial charge in [-0.2, -0.15) is 0 Å². The van der Waals surface area contributed by atoms with E-state index in [0.29, 0.717) is 11.5 Å². The van der Waals surface area contributed by atoms with Gasteiger partial charge >= 0.3 is 0 Å². The lowest BCUT2D eigenvalue weighted by molar-refractivity contribution is 0.271. The lowest BCUT2D eigenvalue weighted by atomic mass is 10.5. The van der Waals surface area contributed by atoms with Crippen LogP contribution in [0.2, 0.25) is 0 Å². The number of aliphatic imine (C=N–C) groups is 1. The number of hydrogen-bond acceptors (Lipinski definition) is 4. The van der Waals surface area contributed by atoms with Crippen molar-refractivity contribution in [3.8, 4) is 0 Å². The minimum atomic E-state index is -0.141. The van der Waals surface area contributed by atoms with Crippen LogP contribution in [0.1, 0.15) is 5.82 Å². The smallest absolute Gasteiger partial charge is 0.153 e. The van der Waals surface area contributed by atoms with E-state index >= 15 is 0 Å². The van der Waals surface area contributed by atoms with Crippen LogP contribution in [0.5, 0.6) is 0 Å². The maximum absolute atomic E-state index is 8.67. The molecule has 0 amide bonds. The molecule has 0 unspecified atom stereocenters. The van der Waals surface area contributed by atoms with Gasteiger partial charge in [0, 0.05) is 14.1 Å². The molecule has 0 radical (unpaired) electrons. The van der Waals surface area contributed by atoms with Crippen molar-refractivity contribution in [1.82, 2.24) is 14.9 Å². The van der Waals surface area contributed by atoms with Crippen LogP contribution >= 0.6 is 0 Å². The molecule has 0 spiro atoms. The Balaban J connectivity index is 2.69. The summed E-state index contributed by atoms with van der Waals surface area (Å²) in [4.78, 5) is 13.7. The van der Waals surface area contributed by atoms with E-state index in [1.807, 2.05) is 19.0 Å². The molecule has 0 saturated heterocycles. The first-order valence-corrected chi connectivity index (χ1v) is 3.85. The molecule has 1 N–H and O–H groups in total. The molecule has 1 aromatic heterocycles. The molecule has 0 aliphatic heterocycles. The van der Waals surface area contributed by atoms with Crippen molar-refractivity contribution in [2.75, 3.05) is 14.1 Å². The van der Waals surface area contributed by atoms with Crippen LogP contribution in [0.3, 0.4) is 0 Å². The van der Waals surface area contributed by atoms with Gasteiger partial charge < -0.3 is 10.0 Å². The maximum Gasteiger partial charge on any atom is 0.153 e. The minimum Gasteiger partial charge on any atom is -0.388 e. The Morgan fingerprint density at radius 1 is 1.46 bits per heavy atom. The van der Waals surface area contributed by atoms with Gasteiger partial charge in [-0.15, -0.1) is 0 Å². The summed E-state index contributed by atoms with van der Waals surface area (Å²) in [5.41, 5.74) is 0.672. The normalized spacial score (nSPS) is 10.7. The molecule has 0 aliphatic rings. The van der Waals surface area contributed by atoms with Crippen LogP contribution in [0.15, 0.2) is 17.4 Å². The molecule has 1 rings (SSSR count). The third kappa shape index (κ3) is 3.16. The van der Waals surface area contributed by atoms with Crippen LogP contribution < -0.4 is 0 Å². The molecular formula is C8H12N4O. The molecule has 70 valence electrons. The van der Waals surface area contributed by atoms with Crippen molar-refractivity contribution >= 4 is 12.0 Å². The zero-order chi connectivity index (χ0) is 9.68. The molecule has 0 saturated carbocycles. The Kier molecular flexibility index (Phi) is 3.33. The van der Waals surface area contributed by atoms with Gasteiger partial charge in [-0.3, -0.25) is 0 Å². The van der Waals surface area contributed by atoms with Crippen LogP contribution in [0.4, 0.5) is 5.69 Å². The second kappa shape index (κ2) is 4.51. The second-order valence-corrected chi connectivity index (χ2v) is 2.72. The van der Waals surface area contributed by atoms with Crippen molar-refractivity contribution in [2.45, 2.75) is 6.61 Å². The van der Waals surface area contributed by atoms with Crippen LogP contribution in [0.25, 0.3) is 0 Å². The van der Waals surface area contributed by atoms with Crippen LogP contribution in [-0.2, 0) is 6.61 Å². The van der Waals surface area contributed by atoms with E-state index in [0.717, 1.165) is 0 Å². The highest BCUT2D eigenvalue weighted by Gasteiger charge is 1.93. The molecule has 0 fully saturated rings. The Labute approximate surface area is 76.8 Å². The number of aliphatic hydroxyl groups excluding tert-OH is 1.